The van der Waals surface area contributed by atoms with Crippen molar-refractivity contribution in [1.82, 2.24) is 14.1 Å². The van der Waals surface area contributed by atoms with E-state index in [9.17, 15) is 0 Å². The Bertz CT molecular complexity index is 3530. The number of pyridine rings is 1. The molecular formula is C61H57N5OPt-2. The number of hydrogen-bond donors (Lipinski definition) is 0. The zero-order valence-corrected chi connectivity index (χ0v) is 43.6. The summed E-state index contributed by atoms with van der Waals surface area (Å²) in [6.45, 7) is 36.6. The van der Waals surface area contributed by atoms with Crippen LogP contribution in [0.3, 0.4) is 0 Å². The van der Waals surface area contributed by atoms with E-state index in [0.717, 1.165) is 49.9 Å². The van der Waals surface area contributed by atoms with Crippen LogP contribution < -0.4 is 9.30 Å². The third kappa shape index (κ3) is 6.52. The van der Waals surface area contributed by atoms with E-state index in [-0.39, 0.29) is 42.7 Å². The van der Waals surface area contributed by atoms with Gasteiger partial charge in [-0.15, -0.1) is 23.8 Å². The molecule has 0 unspecified atom stereocenters. The summed E-state index contributed by atoms with van der Waals surface area (Å²) >= 11 is 0. The number of rotatable bonds is 3. The maximum Gasteiger partial charge on any atom is 0.249 e. The number of hydrogen-bond acceptors (Lipinski definition) is 2. The zero-order chi connectivity index (χ0) is 47.3. The van der Waals surface area contributed by atoms with Crippen LogP contribution in [0, 0.1) is 25.0 Å². The first-order chi connectivity index (χ1) is 31.6. The van der Waals surface area contributed by atoms with Crippen molar-refractivity contribution >= 4 is 38.5 Å². The van der Waals surface area contributed by atoms with Crippen molar-refractivity contribution in [3.63, 3.8) is 0 Å². The van der Waals surface area contributed by atoms with Crippen molar-refractivity contribution in [2.45, 2.75) is 110 Å². The van der Waals surface area contributed by atoms with Gasteiger partial charge in [0.05, 0.1) is 18.1 Å². The van der Waals surface area contributed by atoms with Gasteiger partial charge in [0.15, 0.2) is 0 Å². The molecule has 6 nitrogen and oxygen atoms in total. The van der Waals surface area contributed by atoms with E-state index in [4.69, 9.17) is 16.3 Å². The maximum absolute atomic E-state index is 8.40. The SMILES string of the molecule is [C-]#[N+]c1cc2c3ccccc3n(-c3ccccn3)c2[c-]c1Oc1[c-]c2c(cc1)C1(c3c(cc(C(C)(C)C)cc3C(C)(C)C)-c3cc(C(C)(C)C)cc(C(C)(C)C)c31)c1cccc3c1n-2[c-][n+]3C.[Pt]. The average Bonchev–Trinajstić information content (AvgIpc) is 3.89. The molecule has 344 valence electrons. The normalized spacial score (nSPS) is 13.9. The van der Waals surface area contributed by atoms with Gasteiger partial charge in [-0.3, -0.25) is 0 Å². The Morgan fingerprint density at radius 2 is 1.29 bits per heavy atom. The van der Waals surface area contributed by atoms with Crippen LogP contribution >= 0.6 is 0 Å². The third-order valence-corrected chi connectivity index (χ3v) is 14.3. The van der Waals surface area contributed by atoms with Crippen LogP contribution in [-0.4, -0.2) is 14.1 Å². The van der Waals surface area contributed by atoms with E-state index in [1.54, 1.807) is 6.20 Å². The molecule has 0 atom stereocenters. The molecule has 7 heteroatoms. The van der Waals surface area contributed by atoms with Crippen molar-refractivity contribution in [3.8, 4) is 34.1 Å². The quantitative estimate of drug-likeness (QED) is 0.131. The first-order valence-corrected chi connectivity index (χ1v) is 23.5. The Hall–Kier alpha value is -6.28. The molecular weight excluding hydrogens is 1010 g/mol. The molecule has 1 aliphatic heterocycles. The van der Waals surface area contributed by atoms with E-state index in [0.29, 0.717) is 17.2 Å². The summed E-state index contributed by atoms with van der Waals surface area (Å²) in [6.07, 6.45) is 5.51. The van der Waals surface area contributed by atoms with Crippen LogP contribution in [-0.2, 0) is 55.2 Å². The number of benzene rings is 6. The fourth-order valence-electron chi connectivity index (χ4n) is 11.0. The molecule has 68 heavy (non-hydrogen) atoms. The van der Waals surface area contributed by atoms with E-state index in [2.05, 4.69) is 188 Å². The molecule has 3 aromatic heterocycles. The van der Waals surface area contributed by atoms with Crippen molar-refractivity contribution < 1.29 is 30.4 Å². The van der Waals surface area contributed by atoms with Gasteiger partial charge < -0.3 is 18.4 Å². The molecule has 1 spiro atoms. The standard InChI is InChI=1S/C61H57N5O.Pt/c1-57(2,3)36-28-41-42-29-37(58(4,5)6)31-46(60(10,11)12)55(42)61(54(41)45(30-36)59(7,8)9)43-26-25-38(32-51(43)65-35-64(14)49-23-19-21-44(61)56(49)65)67-52-34-50-40(33-47(52)62-13)39-20-15-16-22-48(39)66(50)53-24-17-18-27-63-53;/h15-31,33H,1-12,14H3;/q-2;. The average molecular weight is 1070 g/mol. The van der Waals surface area contributed by atoms with Crippen LogP contribution in [0.4, 0.5) is 5.69 Å². The Morgan fingerprint density at radius 3 is 1.88 bits per heavy atom. The molecule has 6 aromatic carbocycles. The number of ether oxygens (including phenoxy) is 1. The smallest absolute Gasteiger partial charge is 0.249 e. The Labute approximate surface area is 415 Å². The van der Waals surface area contributed by atoms with Crippen LogP contribution in [0.1, 0.15) is 128 Å². The second-order valence-electron chi connectivity index (χ2n) is 22.9. The van der Waals surface area contributed by atoms with Gasteiger partial charge in [-0.05, 0) is 95.3 Å². The second-order valence-corrected chi connectivity index (χ2v) is 22.9. The van der Waals surface area contributed by atoms with Crippen molar-refractivity contribution in [1.29, 1.82) is 0 Å². The maximum atomic E-state index is 8.40. The van der Waals surface area contributed by atoms with E-state index in [1.165, 1.54) is 50.1 Å². The molecule has 0 saturated heterocycles. The molecule has 0 fully saturated rings. The van der Waals surface area contributed by atoms with Gasteiger partial charge in [0, 0.05) is 43.9 Å². The first-order valence-electron chi connectivity index (χ1n) is 23.5. The molecule has 0 amide bonds. The zero-order valence-electron chi connectivity index (χ0n) is 41.4. The van der Waals surface area contributed by atoms with Crippen LogP contribution in [0.5, 0.6) is 11.5 Å². The summed E-state index contributed by atoms with van der Waals surface area (Å²) in [5.74, 6) is 1.59. The molecule has 0 bridgehead atoms. The molecule has 2 aliphatic rings. The predicted molar refractivity (Wildman–Crippen MR) is 272 cm³/mol. The number of para-hydroxylation sites is 2. The summed E-state index contributed by atoms with van der Waals surface area (Å²) in [4.78, 5) is 8.75. The monoisotopic (exact) mass is 1070 g/mol. The molecule has 0 N–H and O–H groups in total. The van der Waals surface area contributed by atoms with Gasteiger partial charge in [-0.25, -0.2) is 9.83 Å². The largest absolute Gasteiger partial charge is 0.502 e. The Kier molecular flexibility index (Phi) is 10.1. The number of fused-ring (bicyclic) bond motifs is 12. The van der Waals surface area contributed by atoms with E-state index >= 15 is 0 Å². The summed E-state index contributed by atoms with van der Waals surface area (Å²) < 4.78 is 13.3. The van der Waals surface area contributed by atoms with E-state index in [1.807, 2.05) is 42.5 Å². The third-order valence-electron chi connectivity index (χ3n) is 14.3. The molecule has 4 heterocycles. The van der Waals surface area contributed by atoms with Gasteiger partial charge in [0.1, 0.15) is 18.1 Å². The fraction of sp³-hybridized carbons (Fsp3) is 0.295. The minimum Gasteiger partial charge on any atom is -0.502 e. The van der Waals surface area contributed by atoms with Gasteiger partial charge in [0.25, 0.3) is 0 Å². The van der Waals surface area contributed by atoms with Crippen LogP contribution in [0.25, 0.3) is 60.3 Å². The minimum absolute atomic E-state index is 0. The summed E-state index contributed by atoms with van der Waals surface area (Å²) in [6, 6.07) is 44.6. The summed E-state index contributed by atoms with van der Waals surface area (Å²) in [5.41, 5.74) is 16.8. The Balaban J connectivity index is 0.00000539. The van der Waals surface area contributed by atoms with Crippen molar-refractivity contribution in [2.24, 2.45) is 7.05 Å². The molecule has 9 aromatic rings. The first kappa shape index (κ1) is 45.5. The number of aryl methyl sites for hydroxylation is 1. The topological polar surface area (TPSA) is 40.2 Å². The van der Waals surface area contributed by atoms with Gasteiger partial charge >= 0.3 is 0 Å². The van der Waals surface area contributed by atoms with Crippen molar-refractivity contribution in [2.75, 3.05) is 0 Å². The van der Waals surface area contributed by atoms with Crippen molar-refractivity contribution in [3.05, 3.63) is 184 Å². The summed E-state index contributed by atoms with van der Waals surface area (Å²) in [5, 5.41) is 1.93. The summed E-state index contributed by atoms with van der Waals surface area (Å²) in [7, 11) is 2.08. The molecule has 0 radical (unpaired) electrons. The Morgan fingerprint density at radius 1 is 0.662 bits per heavy atom. The van der Waals surface area contributed by atoms with Gasteiger partial charge in [-0.1, -0.05) is 172 Å². The number of imidazole rings is 1. The van der Waals surface area contributed by atoms with Crippen LogP contribution in [0.2, 0.25) is 0 Å². The van der Waals surface area contributed by atoms with E-state index < -0.39 is 5.41 Å². The van der Waals surface area contributed by atoms with Gasteiger partial charge in [0.2, 0.25) is 12.0 Å². The second kappa shape index (κ2) is 15.1. The van der Waals surface area contributed by atoms with Crippen LogP contribution in [0.15, 0.2) is 109 Å². The minimum atomic E-state index is -0.738. The number of aromatic nitrogens is 4. The number of nitrogens with zero attached hydrogens (tertiary/aromatic N) is 5. The van der Waals surface area contributed by atoms with Gasteiger partial charge in [-0.2, -0.15) is 6.07 Å². The molecule has 11 rings (SSSR count). The fourth-order valence-corrected chi connectivity index (χ4v) is 11.0. The molecule has 0 saturated carbocycles. The molecule has 1 aliphatic carbocycles. The predicted octanol–water partition coefficient (Wildman–Crippen LogP) is 14.6.